The van der Waals surface area contributed by atoms with E-state index >= 15 is 0 Å². The molecule has 0 spiro atoms. The van der Waals surface area contributed by atoms with E-state index in [-0.39, 0.29) is 0 Å². The second-order valence-electron chi connectivity index (χ2n) is 11.3. The summed E-state index contributed by atoms with van der Waals surface area (Å²) in [4.78, 5) is 6.87. The zero-order chi connectivity index (χ0) is 27.8. The molecule has 0 radical (unpaired) electrons. The fourth-order valence-electron chi connectivity index (χ4n) is 5.98. The molecule has 2 aliphatic rings. The first-order valence-electron chi connectivity index (χ1n) is 13.4. The molecule has 2 aromatic carbocycles. The van der Waals surface area contributed by atoms with Crippen LogP contribution in [0.1, 0.15) is 61.6 Å². The Hall–Kier alpha value is -2.74. The van der Waals surface area contributed by atoms with Crippen LogP contribution in [0.4, 0.5) is 0 Å². The summed E-state index contributed by atoms with van der Waals surface area (Å²) in [6, 6.07) is 17.5. The molecule has 3 aromatic rings. The van der Waals surface area contributed by atoms with Gasteiger partial charge in [-0.2, -0.15) is 0 Å². The van der Waals surface area contributed by atoms with Gasteiger partial charge in [0.1, 0.15) is 23.6 Å². The highest BCUT2D eigenvalue weighted by Crippen LogP contribution is 2.44. The average molecular weight is 549 g/mol. The van der Waals surface area contributed by atoms with Crippen molar-refractivity contribution in [1.29, 1.82) is 0 Å². The first kappa shape index (κ1) is 27.8. The van der Waals surface area contributed by atoms with Crippen molar-refractivity contribution >= 4 is 17.2 Å². The number of ether oxygens (including phenoxy) is 2. The molecule has 0 bridgehead atoms. The molecule has 2 atom stereocenters. The van der Waals surface area contributed by atoms with Gasteiger partial charge in [-0.1, -0.05) is 41.9 Å². The van der Waals surface area contributed by atoms with Crippen molar-refractivity contribution in [3.63, 3.8) is 0 Å². The van der Waals surface area contributed by atoms with Crippen LogP contribution in [0.5, 0.6) is 5.75 Å². The molecule has 1 fully saturated rings. The Kier molecular flexibility index (Phi) is 7.61. The first-order chi connectivity index (χ1) is 18.5. The van der Waals surface area contributed by atoms with Gasteiger partial charge in [-0.3, -0.25) is 9.88 Å². The van der Waals surface area contributed by atoms with Gasteiger partial charge >= 0.3 is 0 Å². The summed E-state index contributed by atoms with van der Waals surface area (Å²) in [6.45, 7) is 7.87. The molecular weight excluding hydrogens is 512 g/mol. The summed E-state index contributed by atoms with van der Waals surface area (Å²) < 4.78 is 12.2. The number of pyridine rings is 1. The van der Waals surface area contributed by atoms with E-state index in [2.05, 4.69) is 22.0 Å². The van der Waals surface area contributed by atoms with Gasteiger partial charge < -0.3 is 19.7 Å². The standard InChI is InChI=1S/C32H37ClN2O4/c1-30(2,36)23-11-14-29-27(19-23)25(26-7-5-16-34-28(26)20-39-29)8-6-17-35-18-15-32(38-4,31(3,37)21-35)22-9-12-24(33)13-10-22/h5,7-14,16,19,36-37H,6,15,17-18,20-21H2,1-4H3/b25-8-. The SMILES string of the molecule is COC1(c2ccc(Cl)cc2)CCN(CC/C=C2\c3cc(C(C)(C)O)ccc3OCc3ncccc32)CC1(C)O. The number of hydrogen-bond donors (Lipinski definition) is 2. The second kappa shape index (κ2) is 10.7. The van der Waals surface area contributed by atoms with E-state index < -0.39 is 16.8 Å². The predicted molar refractivity (Wildman–Crippen MR) is 154 cm³/mol. The highest BCUT2D eigenvalue weighted by Gasteiger charge is 2.52. The molecular formula is C32H37ClN2O4. The third-order valence-corrected chi connectivity index (χ3v) is 8.41. The third-order valence-electron chi connectivity index (χ3n) is 8.16. The van der Waals surface area contributed by atoms with Crippen LogP contribution in [0, 0.1) is 0 Å². The molecule has 6 nitrogen and oxygen atoms in total. The van der Waals surface area contributed by atoms with Crippen LogP contribution in [-0.2, 0) is 22.5 Å². The van der Waals surface area contributed by atoms with Gasteiger partial charge in [-0.15, -0.1) is 0 Å². The number of halogens is 1. The van der Waals surface area contributed by atoms with Crippen LogP contribution in [-0.4, -0.2) is 52.4 Å². The lowest BCUT2D eigenvalue weighted by Crippen LogP contribution is -2.62. The van der Waals surface area contributed by atoms with E-state index in [1.165, 1.54) is 0 Å². The van der Waals surface area contributed by atoms with Crippen LogP contribution < -0.4 is 4.74 Å². The van der Waals surface area contributed by atoms with E-state index in [9.17, 15) is 10.2 Å². The Labute approximate surface area is 235 Å². The van der Waals surface area contributed by atoms with E-state index in [1.54, 1.807) is 27.2 Å². The van der Waals surface area contributed by atoms with Crippen LogP contribution in [0.2, 0.25) is 5.02 Å². The molecule has 0 saturated carbocycles. The van der Waals surface area contributed by atoms with E-state index in [0.29, 0.717) is 24.6 Å². The van der Waals surface area contributed by atoms with Crippen LogP contribution in [0.15, 0.2) is 66.9 Å². The molecule has 5 rings (SSSR count). The molecule has 0 amide bonds. The van der Waals surface area contributed by atoms with E-state index in [1.807, 2.05) is 55.5 Å². The number of aromatic nitrogens is 1. The molecule has 2 aliphatic heterocycles. The Morgan fingerprint density at radius 1 is 1.15 bits per heavy atom. The van der Waals surface area contributed by atoms with E-state index in [4.69, 9.17) is 21.1 Å². The fourth-order valence-corrected chi connectivity index (χ4v) is 6.11. The summed E-state index contributed by atoms with van der Waals surface area (Å²) in [5.41, 5.74) is 2.82. The number of rotatable bonds is 6. The van der Waals surface area contributed by atoms with Crippen molar-refractivity contribution in [2.45, 2.75) is 57.0 Å². The minimum absolute atomic E-state index is 0.390. The number of likely N-dealkylation sites (tertiary alicyclic amines) is 1. The minimum atomic E-state index is -1.10. The second-order valence-corrected chi connectivity index (χ2v) is 11.7. The summed E-state index contributed by atoms with van der Waals surface area (Å²) in [7, 11) is 1.67. The van der Waals surface area contributed by atoms with Crippen molar-refractivity contribution in [2.24, 2.45) is 0 Å². The number of methoxy groups -OCH3 is 1. The van der Waals surface area contributed by atoms with Crippen molar-refractivity contribution in [3.05, 3.63) is 99.8 Å². The molecule has 39 heavy (non-hydrogen) atoms. The van der Waals surface area contributed by atoms with Gasteiger partial charge in [0.15, 0.2) is 0 Å². The van der Waals surface area contributed by atoms with Gasteiger partial charge in [0.25, 0.3) is 0 Å². The van der Waals surface area contributed by atoms with Crippen LogP contribution in [0.25, 0.3) is 5.57 Å². The van der Waals surface area contributed by atoms with Crippen molar-refractivity contribution < 1.29 is 19.7 Å². The molecule has 2 N–H and O–H groups in total. The maximum absolute atomic E-state index is 11.7. The number of piperidine rings is 1. The predicted octanol–water partition coefficient (Wildman–Crippen LogP) is 5.68. The largest absolute Gasteiger partial charge is 0.487 e. The Morgan fingerprint density at radius 2 is 1.92 bits per heavy atom. The lowest BCUT2D eigenvalue weighted by molar-refractivity contribution is -0.202. The number of β-amino-alcohol motifs (C(OH)–C–C–N with tert-alkyl or cyclic N) is 1. The van der Waals surface area contributed by atoms with Crippen LogP contribution in [0.3, 0.4) is 0 Å². The number of benzene rings is 2. The number of nitrogens with zero attached hydrogens (tertiary/aromatic N) is 2. The van der Waals surface area contributed by atoms with Gasteiger partial charge in [-0.05, 0) is 80.6 Å². The topological polar surface area (TPSA) is 75.1 Å². The first-order valence-corrected chi connectivity index (χ1v) is 13.8. The molecule has 206 valence electrons. The lowest BCUT2D eigenvalue weighted by Gasteiger charge is -2.51. The van der Waals surface area contributed by atoms with Crippen molar-refractivity contribution in [1.82, 2.24) is 9.88 Å². The lowest BCUT2D eigenvalue weighted by atomic mass is 9.73. The molecule has 2 unspecified atom stereocenters. The van der Waals surface area contributed by atoms with Gasteiger partial charge in [-0.25, -0.2) is 0 Å². The third kappa shape index (κ3) is 5.37. The molecule has 0 aliphatic carbocycles. The van der Waals surface area contributed by atoms with Gasteiger partial charge in [0, 0.05) is 49.1 Å². The fraction of sp³-hybridized carbons (Fsp3) is 0.406. The Morgan fingerprint density at radius 3 is 2.62 bits per heavy atom. The van der Waals surface area contributed by atoms with E-state index in [0.717, 1.165) is 58.8 Å². The summed E-state index contributed by atoms with van der Waals surface area (Å²) in [5.74, 6) is 0.779. The van der Waals surface area contributed by atoms with Gasteiger partial charge in [0.2, 0.25) is 0 Å². The smallest absolute Gasteiger partial charge is 0.131 e. The molecule has 1 aromatic heterocycles. The monoisotopic (exact) mass is 548 g/mol. The van der Waals surface area contributed by atoms with Crippen LogP contribution >= 0.6 is 11.6 Å². The van der Waals surface area contributed by atoms with Gasteiger partial charge in [0.05, 0.1) is 11.3 Å². The molecule has 1 saturated heterocycles. The maximum Gasteiger partial charge on any atom is 0.131 e. The molecule has 3 heterocycles. The number of hydrogen-bond acceptors (Lipinski definition) is 6. The number of aliphatic hydroxyl groups is 2. The van der Waals surface area contributed by atoms with Crippen molar-refractivity contribution in [3.8, 4) is 5.75 Å². The number of fused-ring (bicyclic) bond motifs is 2. The normalized spacial score (nSPS) is 24.5. The highest BCUT2D eigenvalue weighted by molar-refractivity contribution is 6.30. The zero-order valence-electron chi connectivity index (χ0n) is 23.1. The summed E-state index contributed by atoms with van der Waals surface area (Å²) >= 11 is 6.12. The summed E-state index contributed by atoms with van der Waals surface area (Å²) in [5, 5.41) is 23.0. The Bertz CT molecular complexity index is 1360. The Balaban J connectivity index is 1.40. The van der Waals surface area contributed by atoms with Crippen molar-refractivity contribution in [2.75, 3.05) is 26.7 Å². The minimum Gasteiger partial charge on any atom is -0.487 e. The zero-order valence-corrected chi connectivity index (χ0v) is 23.8. The summed E-state index contributed by atoms with van der Waals surface area (Å²) in [6.07, 6.45) is 5.45. The highest BCUT2D eigenvalue weighted by atomic mass is 35.5. The quantitative estimate of drug-likeness (QED) is 0.413. The average Bonchev–Trinajstić information content (AvgIpc) is 3.05. The molecule has 7 heteroatoms. The maximum atomic E-state index is 11.7.